The van der Waals surface area contributed by atoms with Gasteiger partial charge in [0.15, 0.2) is 0 Å². The summed E-state index contributed by atoms with van der Waals surface area (Å²) in [7, 11) is 0. The zero-order valence-electron chi connectivity index (χ0n) is 17.9. The Morgan fingerprint density at radius 3 is 2.68 bits per heavy atom. The van der Waals surface area contributed by atoms with Gasteiger partial charge in [-0.1, -0.05) is 35.3 Å². The molecule has 2 aromatic carbocycles. The van der Waals surface area contributed by atoms with E-state index in [0.717, 1.165) is 16.8 Å². The number of aromatic nitrogens is 4. The lowest BCUT2D eigenvalue weighted by Crippen LogP contribution is -2.08. The number of nitrogens with zero attached hydrogens (tertiary/aromatic N) is 4. The van der Waals surface area contributed by atoms with Gasteiger partial charge in [-0.15, -0.1) is 0 Å². The molecule has 0 aliphatic heterocycles. The molecule has 0 spiro atoms. The molecule has 0 unspecified atom stereocenters. The van der Waals surface area contributed by atoms with Crippen LogP contribution in [0, 0.1) is 6.92 Å². The summed E-state index contributed by atoms with van der Waals surface area (Å²) in [4.78, 5) is 16.3. The van der Waals surface area contributed by atoms with Crippen molar-refractivity contribution in [3.8, 4) is 17.1 Å². The quantitative estimate of drug-likeness (QED) is 0.309. The fourth-order valence-corrected chi connectivity index (χ4v) is 4.44. The van der Waals surface area contributed by atoms with Crippen LogP contribution in [0.2, 0.25) is 10.0 Å². The summed E-state index contributed by atoms with van der Waals surface area (Å²) in [6.45, 7) is 1.98. The van der Waals surface area contributed by atoms with E-state index < -0.39 is 5.97 Å². The summed E-state index contributed by atoms with van der Waals surface area (Å²) < 4.78 is 9.45. The van der Waals surface area contributed by atoms with Crippen LogP contribution in [0.4, 0.5) is 0 Å². The van der Waals surface area contributed by atoms with E-state index >= 15 is 0 Å². The minimum Gasteiger partial charge on any atom is -0.487 e. The molecule has 0 radical (unpaired) electrons. The highest BCUT2D eigenvalue weighted by Gasteiger charge is 2.18. The van der Waals surface area contributed by atoms with Crippen LogP contribution in [0.5, 0.6) is 5.75 Å². The van der Waals surface area contributed by atoms with E-state index in [1.165, 1.54) is 10.6 Å². The molecule has 0 atom stereocenters. The lowest BCUT2D eigenvalue weighted by molar-refractivity contribution is 0.0688. The number of carboxylic acids is 1. The molecule has 0 aliphatic rings. The van der Waals surface area contributed by atoms with Gasteiger partial charge in [0.1, 0.15) is 23.6 Å². The molecule has 5 aromatic rings. The fourth-order valence-electron chi connectivity index (χ4n) is 3.86. The minimum absolute atomic E-state index is 0.0705. The molecule has 5 rings (SSSR count). The predicted octanol–water partition coefficient (Wildman–Crippen LogP) is 6.10. The molecule has 0 saturated carbocycles. The number of carbonyl (C=O) groups is 1. The maximum atomic E-state index is 11.6. The number of ether oxygens (including phenoxy) is 1. The van der Waals surface area contributed by atoms with Gasteiger partial charge in [-0.3, -0.25) is 0 Å². The lowest BCUT2D eigenvalue weighted by atomic mass is 10.1. The summed E-state index contributed by atoms with van der Waals surface area (Å²) in [6, 6.07) is 16.0. The Labute approximate surface area is 204 Å². The monoisotopic (exact) mass is 492 g/mol. The summed E-state index contributed by atoms with van der Waals surface area (Å²) in [5, 5.41) is 15.4. The van der Waals surface area contributed by atoms with Crippen LogP contribution in [0.15, 0.2) is 73.2 Å². The topological polar surface area (TPSA) is 82.2 Å². The van der Waals surface area contributed by atoms with Gasteiger partial charge >= 0.3 is 5.97 Å². The number of pyridine rings is 1. The Bertz CT molecular complexity index is 1530. The Morgan fingerprint density at radius 1 is 1.06 bits per heavy atom. The molecule has 9 heteroatoms. The number of rotatable bonds is 6. The van der Waals surface area contributed by atoms with Crippen molar-refractivity contribution >= 4 is 40.1 Å². The van der Waals surface area contributed by atoms with Crippen LogP contribution >= 0.6 is 23.2 Å². The van der Waals surface area contributed by atoms with Gasteiger partial charge in [0.25, 0.3) is 0 Å². The lowest BCUT2D eigenvalue weighted by Gasteiger charge is -2.16. The zero-order valence-corrected chi connectivity index (χ0v) is 19.5. The molecule has 0 saturated heterocycles. The third-order valence-electron chi connectivity index (χ3n) is 5.43. The van der Waals surface area contributed by atoms with E-state index in [9.17, 15) is 9.90 Å². The highest BCUT2D eigenvalue weighted by atomic mass is 35.5. The number of fused-ring (bicyclic) bond motifs is 1. The molecule has 3 aromatic heterocycles. The number of benzene rings is 2. The van der Waals surface area contributed by atoms with Crippen LogP contribution in [-0.4, -0.2) is 30.4 Å². The molecule has 7 nitrogen and oxygen atoms in total. The van der Waals surface area contributed by atoms with Crippen molar-refractivity contribution < 1.29 is 14.6 Å². The van der Waals surface area contributed by atoms with Crippen molar-refractivity contribution in [1.29, 1.82) is 0 Å². The van der Waals surface area contributed by atoms with Gasteiger partial charge in [-0.05, 0) is 49.4 Å². The SMILES string of the molecule is Cc1cc(-n2cccn2)c2cccc(OCc3c(Cl)ccc(-n4cccc4C(=O)O)c3Cl)c2n1. The Kier molecular flexibility index (Phi) is 5.73. The average Bonchev–Trinajstić information content (AvgIpc) is 3.51. The van der Waals surface area contributed by atoms with Gasteiger partial charge in [0, 0.05) is 40.3 Å². The van der Waals surface area contributed by atoms with Crippen LogP contribution in [0.25, 0.3) is 22.3 Å². The van der Waals surface area contributed by atoms with Crippen molar-refractivity contribution in [3.05, 3.63) is 100 Å². The van der Waals surface area contributed by atoms with Gasteiger partial charge in [-0.25, -0.2) is 14.5 Å². The molecule has 34 heavy (non-hydrogen) atoms. The van der Waals surface area contributed by atoms with Gasteiger partial charge in [0.05, 0.1) is 16.4 Å². The van der Waals surface area contributed by atoms with Gasteiger partial charge < -0.3 is 14.4 Å². The summed E-state index contributed by atoms with van der Waals surface area (Å²) >= 11 is 13.1. The minimum atomic E-state index is -1.06. The number of aryl methyl sites for hydroxylation is 1. The van der Waals surface area contributed by atoms with E-state index in [4.69, 9.17) is 32.9 Å². The van der Waals surface area contributed by atoms with E-state index in [-0.39, 0.29) is 12.3 Å². The molecule has 0 aliphatic carbocycles. The highest BCUT2D eigenvalue weighted by molar-refractivity contribution is 6.37. The number of para-hydroxylation sites is 1. The van der Waals surface area contributed by atoms with Crippen molar-refractivity contribution in [2.24, 2.45) is 0 Å². The molecule has 170 valence electrons. The van der Waals surface area contributed by atoms with E-state index in [0.29, 0.717) is 32.6 Å². The molecule has 0 bridgehead atoms. The molecule has 1 N–H and O–H groups in total. The van der Waals surface area contributed by atoms with E-state index in [1.54, 1.807) is 35.3 Å². The van der Waals surface area contributed by atoms with Crippen molar-refractivity contribution in [3.63, 3.8) is 0 Å². The first-order valence-corrected chi connectivity index (χ1v) is 11.1. The molecular formula is C25H18Cl2N4O3. The van der Waals surface area contributed by atoms with Crippen molar-refractivity contribution in [2.75, 3.05) is 0 Å². The molecule has 3 heterocycles. The Balaban J connectivity index is 1.53. The van der Waals surface area contributed by atoms with Crippen LogP contribution in [-0.2, 0) is 6.61 Å². The largest absolute Gasteiger partial charge is 0.487 e. The number of hydrogen-bond donors (Lipinski definition) is 1. The second kappa shape index (κ2) is 8.85. The average molecular weight is 493 g/mol. The van der Waals surface area contributed by atoms with Crippen molar-refractivity contribution in [1.82, 2.24) is 19.3 Å². The number of carboxylic acid groups (broad SMARTS) is 1. The Hall–Kier alpha value is -3.81. The van der Waals surface area contributed by atoms with Gasteiger partial charge in [-0.2, -0.15) is 5.10 Å². The second-order valence-electron chi connectivity index (χ2n) is 7.60. The van der Waals surface area contributed by atoms with E-state index in [2.05, 4.69) is 5.10 Å². The van der Waals surface area contributed by atoms with Crippen molar-refractivity contribution in [2.45, 2.75) is 13.5 Å². The Morgan fingerprint density at radius 2 is 1.91 bits per heavy atom. The summed E-state index contributed by atoms with van der Waals surface area (Å²) in [6.07, 6.45) is 5.23. The second-order valence-corrected chi connectivity index (χ2v) is 8.39. The number of aromatic carboxylic acids is 1. The molecular weight excluding hydrogens is 475 g/mol. The van der Waals surface area contributed by atoms with Crippen LogP contribution in [0.3, 0.4) is 0 Å². The summed E-state index contributed by atoms with van der Waals surface area (Å²) in [5.41, 5.74) is 3.54. The highest BCUT2D eigenvalue weighted by Crippen LogP contribution is 2.34. The molecule has 0 amide bonds. The molecule has 0 fully saturated rings. The first-order valence-electron chi connectivity index (χ1n) is 10.3. The first kappa shape index (κ1) is 22.0. The predicted molar refractivity (Wildman–Crippen MR) is 131 cm³/mol. The smallest absolute Gasteiger partial charge is 0.352 e. The zero-order chi connectivity index (χ0) is 23.8. The number of halogens is 2. The van der Waals surface area contributed by atoms with E-state index in [1.807, 2.05) is 43.5 Å². The summed E-state index contributed by atoms with van der Waals surface area (Å²) in [5.74, 6) is -0.488. The first-order chi connectivity index (χ1) is 16.4. The van der Waals surface area contributed by atoms with Gasteiger partial charge in [0.2, 0.25) is 0 Å². The maximum Gasteiger partial charge on any atom is 0.352 e. The maximum absolute atomic E-state index is 11.6. The van der Waals surface area contributed by atoms with Crippen LogP contribution in [0.1, 0.15) is 21.7 Å². The number of hydrogen-bond acceptors (Lipinski definition) is 4. The van der Waals surface area contributed by atoms with Crippen LogP contribution < -0.4 is 4.74 Å². The standard InChI is InChI=1S/C25H18Cl2N4O3/c1-15-13-21(31-12-4-10-28-31)16-5-2-7-22(24(16)29-15)34-14-17-18(26)8-9-19(23(17)27)30-11-3-6-20(30)25(32)33/h2-13H,14H2,1H3,(H,32,33). The normalized spacial score (nSPS) is 11.1. The fraction of sp³-hybridized carbons (Fsp3) is 0.0800. The third kappa shape index (κ3) is 3.89. The third-order valence-corrected chi connectivity index (χ3v) is 6.20.